The van der Waals surface area contributed by atoms with E-state index in [4.69, 9.17) is 5.10 Å². The van der Waals surface area contributed by atoms with Crippen LogP contribution >= 0.6 is 0 Å². The summed E-state index contributed by atoms with van der Waals surface area (Å²) >= 11 is 0. The van der Waals surface area contributed by atoms with Crippen LogP contribution in [0, 0.1) is 12.7 Å². The molecule has 0 aliphatic carbocycles. The topological polar surface area (TPSA) is 82.9 Å². The monoisotopic (exact) mass is 429 g/mol. The van der Waals surface area contributed by atoms with Gasteiger partial charge in [-0.3, -0.25) is 4.79 Å². The van der Waals surface area contributed by atoms with E-state index in [0.29, 0.717) is 22.7 Å². The summed E-state index contributed by atoms with van der Waals surface area (Å²) in [5.41, 5.74) is 4.84. The van der Waals surface area contributed by atoms with E-state index in [1.165, 1.54) is 12.1 Å². The maximum atomic E-state index is 13.4. The van der Waals surface area contributed by atoms with Crippen molar-refractivity contribution in [3.63, 3.8) is 0 Å². The standard InChI is InChI=1S/C23H20FN7O/c1-14-26-22(15-4-6-16(24)7-5-15)23(30(14)3)18-8-9-21-27-17(12-31(21)28-18)10-20(32)19-11-25-13-29(19)2/h4-9,11-13H,10H2,1-3H3. The van der Waals surface area contributed by atoms with Gasteiger partial charge in [0, 0.05) is 19.7 Å². The van der Waals surface area contributed by atoms with E-state index in [2.05, 4.69) is 15.0 Å². The van der Waals surface area contributed by atoms with E-state index < -0.39 is 0 Å². The third-order valence-electron chi connectivity index (χ3n) is 5.49. The molecule has 0 saturated carbocycles. The van der Waals surface area contributed by atoms with Gasteiger partial charge in [-0.25, -0.2) is 23.9 Å². The van der Waals surface area contributed by atoms with Crippen LogP contribution in [-0.4, -0.2) is 39.5 Å². The SMILES string of the molecule is Cc1nc(-c2ccc(F)cc2)c(-c2ccc3nc(CC(=O)c4cncn4C)cn3n2)n1C. The highest BCUT2D eigenvalue weighted by molar-refractivity contribution is 5.95. The number of carbonyl (C=O) groups excluding carboxylic acids is 1. The molecule has 0 spiro atoms. The van der Waals surface area contributed by atoms with Crippen LogP contribution in [0.3, 0.4) is 0 Å². The molecule has 0 atom stereocenters. The summed E-state index contributed by atoms with van der Waals surface area (Å²) in [4.78, 5) is 25.8. The lowest BCUT2D eigenvalue weighted by molar-refractivity contribution is 0.0984. The average molecular weight is 429 g/mol. The van der Waals surface area contributed by atoms with Crippen LogP contribution in [0.5, 0.6) is 0 Å². The molecule has 0 aliphatic rings. The first-order valence-corrected chi connectivity index (χ1v) is 10.0. The number of carbonyl (C=O) groups is 1. The average Bonchev–Trinajstić information content (AvgIpc) is 3.45. The molecule has 4 aromatic heterocycles. The maximum Gasteiger partial charge on any atom is 0.186 e. The molecule has 4 heterocycles. The molecule has 1 aromatic carbocycles. The van der Waals surface area contributed by atoms with E-state index in [1.54, 1.807) is 47.0 Å². The minimum atomic E-state index is -0.297. The fraction of sp³-hybridized carbons (Fsp3) is 0.174. The molecule has 32 heavy (non-hydrogen) atoms. The highest BCUT2D eigenvalue weighted by Crippen LogP contribution is 2.31. The Labute approximate surface area is 183 Å². The number of aryl methyl sites for hydroxylation is 2. The minimum Gasteiger partial charge on any atom is -0.331 e. The van der Waals surface area contributed by atoms with Gasteiger partial charge in [-0.2, -0.15) is 5.10 Å². The maximum absolute atomic E-state index is 13.4. The number of hydrogen-bond donors (Lipinski definition) is 0. The van der Waals surface area contributed by atoms with Gasteiger partial charge in [-0.1, -0.05) is 0 Å². The third-order valence-corrected chi connectivity index (χ3v) is 5.49. The van der Waals surface area contributed by atoms with Gasteiger partial charge in [-0.15, -0.1) is 0 Å². The summed E-state index contributed by atoms with van der Waals surface area (Å²) < 4.78 is 18.7. The lowest BCUT2D eigenvalue weighted by atomic mass is 10.1. The number of rotatable bonds is 5. The predicted octanol–water partition coefficient (Wildman–Crippen LogP) is 3.40. The molecule has 160 valence electrons. The van der Waals surface area contributed by atoms with E-state index >= 15 is 0 Å². The van der Waals surface area contributed by atoms with Gasteiger partial charge >= 0.3 is 0 Å². The number of nitrogens with zero attached hydrogens (tertiary/aromatic N) is 7. The molecule has 0 radical (unpaired) electrons. The molecule has 0 bridgehead atoms. The van der Waals surface area contributed by atoms with Crippen molar-refractivity contribution >= 4 is 11.4 Å². The van der Waals surface area contributed by atoms with Crippen molar-refractivity contribution in [2.75, 3.05) is 0 Å². The van der Waals surface area contributed by atoms with Gasteiger partial charge in [0.15, 0.2) is 11.4 Å². The zero-order valence-corrected chi connectivity index (χ0v) is 17.8. The molecule has 9 heteroatoms. The number of aromatic nitrogens is 7. The summed E-state index contributed by atoms with van der Waals surface area (Å²) in [7, 11) is 3.70. The van der Waals surface area contributed by atoms with E-state index in [9.17, 15) is 9.18 Å². The highest BCUT2D eigenvalue weighted by Gasteiger charge is 2.19. The predicted molar refractivity (Wildman–Crippen MR) is 117 cm³/mol. The van der Waals surface area contributed by atoms with Crippen molar-refractivity contribution in [1.29, 1.82) is 0 Å². The molecular weight excluding hydrogens is 409 g/mol. The van der Waals surface area contributed by atoms with Crippen LogP contribution in [0.4, 0.5) is 4.39 Å². The molecule has 0 amide bonds. The lowest BCUT2D eigenvalue weighted by Gasteiger charge is -2.07. The number of Topliss-reactive ketones (excluding diaryl/α,β-unsaturated/α-hetero) is 1. The van der Waals surface area contributed by atoms with Crippen LogP contribution in [0.1, 0.15) is 22.0 Å². The number of imidazole rings is 3. The second-order valence-electron chi connectivity index (χ2n) is 7.67. The number of fused-ring (bicyclic) bond motifs is 1. The van der Waals surface area contributed by atoms with Gasteiger partial charge in [0.1, 0.15) is 23.0 Å². The number of halogens is 1. The summed E-state index contributed by atoms with van der Waals surface area (Å²) in [6.45, 7) is 1.91. The van der Waals surface area contributed by atoms with E-state index in [0.717, 1.165) is 22.8 Å². The number of ketones is 1. The molecular formula is C23H20FN7O. The Morgan fingerprint density at radius 3 is 2.56 bits per heavy atom. The zero-order valence-electron chi connectivity index (χ0n) is 17.8. The second kappa shape index (κ2) is 7.52. The summed E-state index contributed by atoms with van der Waals surface area (Å²) in [6, 6.07) is 9.98. The summed E-state index contributed by atoms with van der Waals surface area (Å²) in [6.07, 6.45) is 5.06. The fourth-order valence-electron chi connectivity index (χ4n) is 3.74. The van der Waals surface area contributed by atoms with Crippen molar-refractivity contribution in [3.05, 3.63) is 78.1 Å². The normalized spacial score (nSPS) is 11.4. The molecule has 0 unspecified atom stereocenters. The van der Waals surface area contributed by atoms with Gasteiger partial charge in [0.2, 0.25) is 0 Å². The van der Waals surface area contributed by atoms with Crippen molar-refractivity contribution in [3.8, 4) is 22.6 Å². The Morgan fingerprint density at radius 2 is 1.84 bits per heavy atom. The summed E-state index contributed by atoms with van der Waals surface area (Å²) in [5, 5.41) is 4.72. The Morgan fingerprint density at radius 1 is 1.06 bits per heavy atom. The van der Waals surface area contributed by atoms with Crippen molar-refractivity contribution in [2.24, 2.45) is 14.1 Å². The molecule has 0 aliphatic heterocycles. The van der Waals surface area contributed by atoms with Crippen LogP contribution in [-0.2, 0) is 20.5 Å². The van der Waals surface area contributed by atoms with Gasteiger partial charge in [0.25, 0.3) is 0 Å². The molecule has 0 N–H and O–H groups in total. The quantitative estimate of drug-likeness (QED) is 0.400. The van der Waals surface area contributed by atoms with E-state index in [-0.39, 0.29) is 18.0 Å². The van der Waals surface area contributed by atoms with Crippen LogP contribution in [0.25, 0.3) is 28.3 Å². The molecule has 0 saturated heterocycles. The largest absolute Gasteiger partial charge is 0.331 e. The molecule has 8 nitrogen and oxygen atoms in total. The minimum absolute atomic E-state index is 0.0607. The van der Waals surface area contributed by atoms with Gasteiger partial charge in [0.05, 0.1) is 42.2 Å². The first kappa shape index (κ1) is 19.8. The van der Waals surface area contributed by atoms with Gasteiger partial charge < -0.3 is 9.13 Å². The Bertz CT molecular complexity index is 1460. The van der Waals surface area contributed by atoms with Crippen LogP contribution in [0.15, 0.2) is 55.1 Å². The zero-order chi connectivity index (χ0) is 22.4. The first-order chi connectivity index (χ1) is 15.4. The van der Waals surface area contributed by atoms with Gasteiger partial charge in [-0.05, 0) is 43.3 Å². The Balaban J connectivity index is 1.53. The highest BCUT2D eigenvalue weighted by atomic mass is 19.1. The Hall–Kier alpha value is -4.14. The third kappa shape index (κ3) is 3.37. The van der Waals surface area contributed by atoms with Crippen molar-refractivity contribution in [2.45, 2.75) is 13.3 Å². The smallest absolute Gasteiger partial charge is 0.186 e. The van der Waals surface area contributed by atoms with Crippen LogP contribution < -0.4 is 0 Å². The van der Waals surface area contributed by atoms with Crippen molar-refractivity contribution < 1.29 is 9.18 Å². The number of hydrogen-bond acceptors (Lipinski definition) is 5. The number of benzene rings is 1. The molecule has 5 aromatic rings. The Kier molecular flexibility index (Phi) is 4.66. The fourth-order valence-corrected chi connectivity index (χ4v) is 3.74. The lowest BCUT2D eigenvalue weighted by Crippen LogP contribution is -2.08. The van der Waals surface area contributed by atoms with Crippen LogP contribution in [0.2, 0.25) is 0 Å². The van der Waals surface area contributed by atoms with Crippen molar-refractivity contribution in [1.82, 2.24) is 33.7 Å². The second-order valence-corrected chi connectivity index (χ2v) is 7.67. The summed E-state index contributed by atoms with van der Waals surface area (Å²) in [5.74, 6) is 0.456. The molecule has 0 fully saturated rings. The molecule has 5 rings (SSSR count). The first-order valence-electron chi connectivity index (χ1n) is 10.0. The van der Waals surface area contributed by atoms with E-state index in [1.807, 2.05) is 30.7 Å².